The van der Waals surface area contributed by atoms with Crippen LogP contribution >= 0.6 is 0 Å². The molecule has 4 nitrogen and oxygen atoms in total. The number of carbonyl (C=O) groups excluding carboxylic acids is 1. The fourth-order valence-corrected chi connectivity index (χ4v) is 3.67. The van der Waals surface area contributed by atoms with E-state index in [4.69, 9.17) is 0 Å². The Labute approximate surface area is 143 Å². The lowest BCUT2D eigenvalue weighted by molar-refractivity contribution is -0.274. The lowest BCUT2D eigenvalue weighted by Gasteiger charge is -2.29. The van der Waals surface area contributed by atoms with Gasteiger partial charge in [0.05, 0.1) is 5.41 Å². The number of hydrogen-bond acceptors (Lipinski definition) is 3. The highest BCUT2D eigenvalue weighted by Crippen LogP contribution is 2.60. The summed E-state index contributed by atoms with van der Waals surface area (Å²) in [5.41, 5.74) is -0.401. The third-order valence-electron chi connectivity index (χ3n) is 5.06. The van der Waals surface area contributed by atoms with E-state index in [-0.39, 0.29) is 36.2 Å². The first-order valence-corrected chi connectivity index (χ1v) is 8.30. The first-order valence-electron chi connectivity index (χ1n) is 8.30. The van der Waals surface area contributed by atoms with Gasteiger partial charge in [-0.15, -0.1) is 13.2 Å². The molecule has 3 rings (SSSR count). The number of rotatable bonds is 8. The summed E-state index contributed by atoms with van der Waals surface area (Å²) in [4.78, 5) is 24.3. The lowest BCUT2D eigenvalue weighted by Crippen LogP contribution is -2.38. The van der Waals surface area contributed by atoms with Crippen LogP contribution in [0.3, 0.4) is 0 Å². The van der Waals surface area contributed by atoms with E-state index >= 15 is 0 Å². The average Bonchev–Trinajstić information content (AvgIpc) is 3.36. The van der Waals surface area contributed by atoms with Crippen molar-refractivity contribution in [2.24, 2.45) is 17.3 Å². The second-order valence-electron chi connectivity index (χ2n) is 6.98. The minimum atomic E-state index is -4.76. The molecule has 1 N–H and O–H groups in total. The summed E-state index contributed by atoms with van der Waals surface area (Å²) in [6.45, 7) is 0. The highest BCUT2D eigenvalue weighted by molar-refractivity contribution is 5.88. The molecule has 2 saturated carbocycles. The van der Waals surface area contributed by atoms with E-state index in [0.29, 0.717) is 5.56 Å². The van der Waals surface area contributed by atoms with Gasteiger partial charge in [0.2, 0.25) is 0 Å². The largest absolute Gasteiger partial charge is 0.573 e. The summed E-state index contributed by atoms with van der Waals surface area (Å²) < 4.78 is 40.2. The van der Waals surface area contributed by atoms with Gasteiger partial charge in [0.25, 0.3) is 0 Å². The fraction of sp³-hybridized carbons (Fsp3) is 0.556. The van der Waals surface area contributed by atoms with Crippen LogP contribution in [0.2, 0.25) is 0 Å². The third-order valence-corrected chi connectivity index (χ3v) is 5.06. The Hall–Kier alpha value is -2.05. The highest BCUT2D eigenvalue weighted by atomic mass is 19.4. The van der Waals surface area contributed by atoms with Crippen LogP contribution in [0.5, 0.6) is 5.75 Å². The van der Waals surface area contributed by atoms with Crippen LogP contribution in [-0.4, -0.2) is 23.2 Å². The van der Waals surface area contributed by atoms with Gasteiger partial charge >= 0.3 is 12.3 Å². The van der Waals surface area contributed by atoms with Crippen LogP contribution in [0.15, 0.2) is 24.3 Å². The summed E-state index contributed by atoms with van der Waals surface area (Å²) in [7, 11) is 0. The number of halogens is 3. The zero-order valence-electron chi connectivity index (χ0n) is 13.5. The molecule has 0 bridgehead atoms. The van der Waals surface area contributed by atoms with Gasteiger partial charge in [0.1, 0.15) is 11.5 Å². The van der Waals surface area contributed by atoms with Gasteiger partial charge in [-0.3, -0.25) is 9.59 Å². The van der Waals surface area contributed by atoms with Crippen LogP contribution < -0.4 is 4.74 Å². The molecule has 0 spiro atoms. The van der Waals surface area contributed by atoms with E-state index in [0.717, 1.165) is 37.8 Å². The number of carbonyl (C=O) groups is 2. The molecular weight excluding hydrogens is 337 g/mol. The Morgan fingerprint density at radius 3 is 1.96 bits per heavy atom. The molecule has 136 valence electrons. The number of hydrogen-bond donors (Lipinski definition) is 1. The molecule has 0 amide bonds. The number of Topliss-reactive ketones (excluding diaryl/α,β-unsaturated/α-hetero) is 1. The molecule has 0 unspecified atom stereocenters. The van der Waals surface area contributed by atoms with Crippen molar-refractivity contribution in [2.45, 2.75) is 44.9 Å². The molecule has 0 aliphatic heterocycles. The Balaban J connectivity index is 1.64. The van der Waals surface area contributed by atoms with Crippen molar-refractivity contribution < 1.29 is 32.6 Å². The number of carboxylic acids is 1. The number of aliphatic carboxylic acids is 1. The number of carboxylic acid groups (broad SMARTS) is 1. The maximum atomic E-state index is 12.4. The highest BCUT2D eigenvalue weighted by Gasteiger charge is 2.59. The fourth-order valence-electron chi connectivity index (χ4n) is 3.67. The average molecular weight is 356 g/mol. The topological polar surface area (TPSA) is 63.6 Å². The Morgan fingerprint density at radius 2 is 1.56 bits per heavy atom. The summed E-state index contributed by atoms with van der Waals surface area (Å²) in [6, 6.07) is 5.11. The molecule has 0 aromatic heterocycles. The Kier molecular flexibility index (Phi) is 4.51. The Morgan fingerprint density at radius 1 is 1.04 bits per heavy atom. The van der Waals surface area contributed by atoms with Crippen LogP contribution in [0.1, 0.15) is 37.7 Å². The van der Waals surface area contributed by atoms with Crippen LogP contribution in [0.25, 0.3) is 0 Å². The van der Waals surface area contributed by atoms with E-state index in [1.165, 1.54) is 12.1 Å². The Bertz CT molecular complexity index is 646. The van der Waals surface area contributed by atoms with Crippen molar-refractivity contribution in [3.05, 3.63) is 29.8 Å². The van der Waals surface area contributed by atoms with Crippen LogP contribution in [0.4, 0.5) is 13.2 Å². The second kappa shape index (κ2) is 6.35. The maximum Gasteiger partial charge on any atom is 0.573 e. The minimum absolute atomic E-state index is 0.00152. The van der Waals surface area contributed by atoms with Gasteiger partial charge < -0.3 is 9.84 Å². The van der Waals surface area contributed by atoms with Crippen molar-refractivity contribution in [3.63, 3.8) is 0 Å². The molecule has 7 heteroatoms. The first kappa shape index (κ1) is 17.8. The standard InChI is InChI=1S/C18H19F3O4/c19-18(20,21)25-15-7-1-11(2-8-15)9-14(22)10-17(16(23)24,12-3-4-12)13-5-6-13/h1-2,7-8,12-13H,3-6,9-10H2,(H,23,24). The maximum absolute atomic E-state index is 12.4. The molecule has 0 atom stereocenters. The molecule has 0 heterocycles. The van der Waals surface area contributed by atoms with Crippen LogP contribution in [-0.2, 0) is 16.0 Å². The summed E-state index contributed by atoms with van der Waals surface area (Å²) in [6.07, 6.45) is -1.36. The SMILES string of the molecule is O=C(Cc1ccc(OC(F)(F)F)cc1)CC(C(=O)O)(C1CC1)C1CC1. The van der Waals surface area contributed by atoms with Crippen molar-refractivity contribution in [1.29, 1.82) is 0 Å². The zero-order valence-corrected chi connectivity index (χ0v) is 13.5. The summed E-state index contributed by atoms with van der Waals surface area (Å²) in [5.74, 6) is -1.28. The summed E-state index contributed by atoms with van der Waals surface area (Å²) in [5, 5.41) is 9.73. The molecule has 1 aromatic rings. The quantitative estimate of drug-likeness (QED) is 0.765. The lowest BCUT2D eigenvalue weighted by atomic mass is 9.73. The van der Waals surface area contributed by atoms with Crippen molar-refractivity contribution >= 4 is 11.8 Å². The third kappa shape index (κ3) is 4.14. The molecule has 2 aliphatic rings. The molecule has 2 fully saturated rings. The monoisotopic (exact) mass is 356 g/mol. The molecule has 1 aromatic carbocycles. The molecule has 2 aliphatic carbocycles. The summed E-state index contributed by atoms with van der Waals surface area (Å²) >= 11 is 0. The van der Waals surface area contributed by atoms with Gasteiger partial charge in [0, 0.05) is 12.8 Å². The molecule has 25 heavy (non-hydrogen) atoms. The predicted molar refractivity (Wildman–Crippen MR) is 82.0 cm³/mol. The number of ketones is 1. The van der Waals surface area contributed by atoms with Gasteiger partial charge in [-0.25, -0.2) is 0 Å². The number of ether oxygens (including phenoxy) is 1. The molecular formula is C18H19F3O4. The van der Waals surface area contributed by atoms with E-state index in [9.17, 15) is 27.9 Å². The van der Waals surface area contributed by atoms with Gasteiger partial charge in [-0.2, -0.15) is 0 Å². The van der Waals surface area contributed by atoms with Gasteiger partial charge in [-0.05, 0) is 55.2 Å². The molecule has 0 saturated heterocycles. The first-order chi connectivity index (χ1) is 11.7. The van der Waals surface area contributed by atoms with E-state index in [1.54, 1.807) is 0 Å². The number of benzene rings is 1. The number of alkyl halides is 3. The van der Waals surface area contributed by atoms with Crippen molar-refractivity contribution in [2.75, 3.05) is 0 Å². The van der Waals surface area contributed by atoms with Crippen molar-refractivity contribution in [3.8, 4) is 5.75 Å². The van der Waals surface area contributed by atoms with Crippen LogP contribution in [0, 0.1) is 17.3 Å². The van der Waals surface area contributed by atoms with E-state index < -0.39 is 17.7 Å². The van der Waals surface area contributed by atoms with Gasteiger partial charge in [-0.1, -0.05) is 12.1 Å². The van der Waals surface area contributed by atoms with Crippen molar-refractivity contribution in [1.82, 2.24) is 0 Å². The predicted octanol–water partition coefficient (Wildman–Crippen LogP) is 3.98. The smallest absolute Gasteiger partial charge is 0.481 e. The van der Waals surface area contributed by atoms with E-state index in [2.05, 4.69) is 4.74 Å². The minimum Gasteiger partial charge on any atom is -0.481 e. The molecule has 0 radical (unpaired) electrons. The van der Waals surface area contributed by atoms with Gasteiger partial charge in [0.15, 0.2) is 0 Å². The van der Waals surface area contributed by atoms with E-state index in [1.807, 2.05) is 0 Å². The zero-order chi connectivity index (χ0) is 18.2. The second-order valence-corrected chi connectivity index (χ2v) is 6.98. The normalized spacial score (nSPS) is 18.0.